The fourth-order valence-corrected chi connectivity index (χ4v) is 3.60. The Labute approximate surface area is 143 Å². The average molecular weight is 368 g/mol. The van der Waals surface area contributed by atoms with Gasteiger partial charge in [-0.05, 0) is 54.6 Å². The van der Waals surface area contributed by atoms with E-state index in [9.17, 15) is 18.0 Å². The molecule has 8 heteroatoms. The van der Waals surface area contributed by atoms with Crippen LogP contribution in [-0.4, -0.2) is 16.4 Å². The Hall–Kier alpha value is -2.06. The van der Waals surface area contributed by atoms with Crippen molar-refractivity contribution in [2.45, 2.75) is 17.3 Å². The summed E-state index contributed by atoms with van der Waals surface area (Å²) in [6, 6.07) is 11.0. The van der Waals surface area contributed by atoms with Crippen LogP contribution in [0.15, 0.2) is 47.4 Å². The first-order valence-electron chi connectivity index (χ1n) is 6.85. The highest BCUT2D eigenvalue weighted by molar-refractivity contribution is 8.00. The zero-order chi connectivity index (χ0) is 17.3. The van der Waals surface area contributed by atoms with Gasteiger partial charge in [0.25, 0.3) is 5.91 Å². The van der Waals surface area contributed by atoms with Crippen molar-refractivity contribution < 1.29 is 18.0 Å². The number of fused-ring (bicyclic) bond motifs is 1. The number of nitrogens with one attached hydrogen (secondary N) is 1. The number of aryl methyl sites for hydroxylation is 1. The van der Waals surface area contributed by atoms with Gasteiger partial charge >= 0.3 is 5.51 Å². The van der Waals surface area contributed by atoms with Crippen LogP contribution < -0.4 is 5.32 Å². The number of thioether (sulfide) groups is 1. The number of aromatic nitrogens is 1. The molecular weight excluding hydrogens is 357 g/mol. The summed E-state index contributed by atoms with van der Waals surface area (Å²) < 4.78 is 37.9. The molecule has 3 aromatic rings. The lowest BCUT2D eigenvalue weighted by Crippen LogP contribution is -2.11. The van der Waals surface area contributed by atoms with Gasteiger partial charge in [0.15, 0.2) is 5.13 Å². The number of anilines is 1. The van der Waals surface area contributed by atoms with E-state index in [-0.39, 0.29) is 22.2 Å². The first kappa shape index (κ1) is 16.8. The molecule has 0 radical (unpaired) electrons. The van der Waals surface area contributed by atoms with Crippen molar-refractivity contribution in [2.24, 2.45) is 0 Å². The highest BCUT2D eigenvalue weighted by Crippen LogP contribution is 2.36. The molecule has 0 fully saturated rings. The summed E-state index contributed by atoms with van der Waals surface area (Å²) in [5.41, 5.74) is -2.23. The Balaban J connectivity index is 1.75. The van der Waals surface area contributed by atoms with Crippen molar-refractivity contribution in [1.82, 2.24) is 4.98 Å². The number of alkyl halides is 3. The largest absolute Gasteiger partial charge is 0.446 e. The zero-order valence-electron chi connectivity index (χ0n) is 12.3. The normalized spacial score (nSPS) is 11.7. The second-order valence-electron chi connectivity index (χ2n) is 4.97. The van der Waals surface area contributed by atoms with E-state index in [0.717, 1.165) is 15.8 Å². The lowest BCUT2D eigenvalue weighted by Gasteiger charge is -2.06. The number of rotatable bonds is 3. The molecule has 24 heavy (non-hydrogen) atoms. The molecule has 0 aliphatic carbocycles. The van der Waals surface area contributed by atoms with Crippen LogP contribution in [0, 0.1) is 6.92 Å². The Morgan fingerprint density at radius 3 is 2.50 bits per heavy atom. The second-order valence-corrected chi connectivity index (χ2v) is 7.14. The van der Waals surface area contributed by atoms with Crippen molar-refractivity contribution in [1.29, 1.82) is 0 Å². The second kappa shape index (κ2) is 6.45. The van der Waals surface area contributed by atoms with Gasteiger partial charge in [0.1, 0.15) is 0 Å². The molecule has 0 spiro atoms. The maximum absolute atomic E-state index is 12.3. The third kappa shape index (κ3) is 3.88. The number of hydrogen-bond donors (Lipinski definition) is 1. The van der Waals surface area contributed by atoms with Crippen LogP contribution in [-0.2, 0) is 0 Å². The minimum atomic E-state index is -4.34. The highest BCUT2D eigenvalue weighted by Gasteiger charge is 2.29. The van der Waals surface area contributed by atoms with E-state index < -0.39 is 11.4 Å². The quantitative estimate of drug-likeness (QED) is 0.624. The molecule has 3 rings (SSSR count). The SMILES string of the molecule is Cc1cccc2sc(NC(=O)c3ccc(SC(F)(F)F)cc3)nc12. The number of thiazole rings is 1. The average Bonchev–Trinajstić information content (AvgIpc) is 2.90. The fourth-order valence-electron chi connectivity index (χ4n) is 2.12. The van der Waals surface area contributed by atoms with E-state index >= 15 is 0 Å². The summed E-state index contributed by atoms with van der Waals surface area (Å²) >= 11 is 1.14. The summed E-state index contributed by atoms with van der Waals surface area (Å²) in [7, 11) is 0. The first-order valence-corrected chi connectivity index (χ1v) is 8.48. The van der Waals surface area contributed by atoms with Crippen molar-refractivity contribution in [3.8, 4) is 0 Å². The summed E-state index contributed by atoms with van der Waals surface area (Å²) in [5.74, 6) is -0.407. The maximum atomic E-state index is 12.3. The lowest BCUT2D eigenvalue weighted by atomic mass is 10.2. The van der Waals surface area contributed by atoms with E-state index in [2.05, 4.69) is 10.3 Å². The van der Waals surface area contributed by atoms with Gasteiger partial charge in [0.2, 0.25) is 0 Å². The first-order chi connectivity index (χ1) is 11.3. The van der Waals surface area contributed by atoms with Crippen molar-refractivity contribution in [3.05, 3.63) is 53.6 Å². The summed E-state index contributed by atoms with van der Waals surface area (Å²) in [4.78, 5) is 16.6. The molecule has 0 bridgehead atoms. The Kier molecular flexibility index (Phi) is 4.51. The van der Waals surface area contributed by atoms with E-state index in [0.29, 0.717) is 5.13 Å². The molecule has 0 saturated carbocycles. The predicted octanol–water partition coefficient (Wildman–Crippen LogP) is 5.47. The topological polar surface area (TPSA) is 42.0 Å². The van der Waals surface area contributed by atoms with Crippen LogP contribution in [0.1, 0.15) is 15.9 Å². The molecule has 2 aromatic carbocycles. The number of hydrogen-bond acceptors (Lipinski definition) is 4. The van der Waals surface area contributed by atoms with Gasteiger partial charge in [-0.15, -0.1) is 0 Å². The van der Waals surface area contributed by atoms with Gasteiger partial charge in [-0.1, -0.05) is 23.5 Å². The molecular formula is C16H11F3N2OS2. The number of benzene rings is 2. The van der Waals surface area contributed by atoms with E-state index in [1.165, 1.54) is 35.6 Å². The van der Waals surface area contributed by atoms with Crippen LogP contribution in [0.25, 0.3) is 10.2 Å². The molecule has 0 unspecified atom stereocenters. The van der Waals surface area contributed by atoms with Gasteiger partial charge < -0.3 is 0 Å². The molecule has 124 valence electrons. The molecule has 1 N–H and O–H groups in total. The molecule has 0 atom stereocenters. The third-order valence-electron chi connectivity index (χ3n) is 3.19. The standard InChI is InChI=1S/C16H11F3N2OS2/c1-9-3-2-4-12-13(9)20-15(23-12)21-14(22)10-5-7-11(8-6-10)24-16(17,18)19/h2-8H,1H3,(H,20,21,22). The predicted molar refractivity (Wildman–Crippen MR) is 90.7 cm³/mol. The van der Waals surface area contributed by atoms with E-state index in [1.807, 2.05) is 25.1 Å². The van der Waals surface area contributed by atoms with Gasteiger partial charge in [-0.2, -0.15) is 13.2 Å². The zero-order valence-corrected chi connectivity index (χ0v) is 14.0. The smallest absolute Gasteiger partial charge is 0.298 e. The van der Waals surface area contributed by atoms with Crippen molar-refractivity contribution in [2.75, 3.05) is 5.32 Å². The maximum Gasteiger partial charge on any atom is 0.446 e. The van der Waals surface area contributed by atoms with E-state index in [4.69, 9.17) is 0 Å². The van der Waals surface area contributed by atoms with Crippen LogP contribution in [0.3, 0.4) is 0 Å². The Bertz CT molecular complexity index is 888. The summed E-state index contributed by atoms with van der Waals surface area (Å²) in [6.45, 7) is 1.94. The lowest BCUT2D eigenvalue weighted by molar-refractivity contribution is -0.0328. The van der Waals surface area contributed by atoms with Gasteiger partial charge in [-0.25, -0.2) is 4.98 Å². The highest BCUT2D eigenvalue weighted by atomic mass is 32.2. The molecule has 0 aliphatic rings. The van der Waals surface area contributed by atoms with Gasteiger partial charge in [-0.3, -0.25) is 10.1 Å². The Morgan fingerprint density at radius 1 is 1.17 bits per heavy atom. The van der Waals surface area contributed by atoms with Crippen LogP contribution >= 0.6 is 23.1 Å². The van der Waals surface area contributed by atoms with Crippen LogP contribution in [0.4, 0.5) is 18.3 Å². The van der Waals surface area contributed by atoms with Crippen molar-refractivity contribution in [3.63, 3.8) is 0 Å². The van der Waals surface area contributed by atoms with Crippen LogP contribution in [0.5, 0.6) is 0 Å². The number of amides is 1. The van der Waals surface area contributed by atoms with Crippen molar-refractivity contribution >= 4 is 44.4 Å². The minimum absolute atomic E-state index is 0.0367. The molecule has 0 aliphatic heterocycles. The third-order valence-corrected chi connectivity index (χ3v) is 4.87. The fraction of sp³-hybridized carbons (Fsp3) is 0.125. The summed E-state index contributed by atoms with van der Waals surface area (Å²) in [5, 5.41) is 3.14. The van der Waals surface area contributed by atoms with Crippen LogP contribution in [0.2, 0.25) is 0 Å². The number of para-hydroxylation sites is 1. The minimum Gasteiger partial charge on any atom is -0.298 e. The van der Waals surface area contributed by atoms with Gasteiger partial charge in [0, 0.05) is 10.5 Å². The molecule has 0 saturated heterocycles. The number of carbonyl (C=O) groups is 1. The number of carbonyl (C=O) groups excluding carboxylic acids is 1. The molecule has 1 amide bonds. The molecule has 3 nitrogen and oxygen atoms in total. The molecule has 1 aromatic heterocycles. The van der Waals surface area contributed by atoms with E-state index in [1.54, 1.807) is 0 Å². The Morgan fingerprint density at radius 2 is 1.88 bits per heavy atom. The molecule has 1 heterocycles. The number of nitrogens with zero attached hydrogens (tertiary/aromatic N) is 1. The summed E-state index contributed by atoms with van der Waals surface area (Å²) in [6.07, 6.45) is 0. The van der Waals surface area contributed by atoms with Gasteiger partial charge in [0.05, 0.1) is 10.2 Å². The number of halogens is 3. The monoisotopic (exact) mass is 368 g/mol.